The molecule has 5 aromatic rings. The lowest BCUT2D eigenvalue weighted by molar-refractivity contribution is -0.137. The lowest BCUT2D eigenvalue weighted by atomic mass is 9.99. The van der Waals surface area contributed by atoms with Crippen LogP contribution >= 0.6 is 0 Å². The minimum atomic E-state index is -0.915. The summed E-state index contributed by atoms with van der Waals surface area (Å²) < 4.78 is 1.68. The Hall–Kier alpha value is -4.58. The van der Waals surface area contributed by atoms with Crippen molar-refractivity contribution in [3.8, 4) is 44.8 Å². The Morgan fingerprint density at radius 1 is 0.636 bits per heavy atom. The molecule has 33 heavy (non-hydrogen) atoms. The van der Waals surface area contributed by atoms with Gasteiger partial charge in [-0.1, -0.05) is 48.5 Å². The Kier molecular flexibility index (Phi) is 5.47. The van der Waals surface area contributed by atoms with E-state index < -0.39 is 5.97 Å². The SMILES string of the molecule is O=C(O)Cn1cnc(-c2ccc(-c3ccncc3)cc2)c1-c1ccc(-c2ccncc2)cc1. The molecule has 0 fully saturated rings. The van der Waals surface area contributed by atoms with Crippen LogP contribution in [0, 0.1) is 0 Å². The first-order valence-corrected chi connectivity index (χ1v) is 10.5. The van der Waals surface area contributed by atoms with Crippen molar-refractivity contribution in [2.75, 3.05) is 0 Å². The van der Waals surface area contributed by atoms with Crippen LogP contribution in [0.15, 0.2) is 104 Å². The zero-order valence-corrected chi connectivity index (χ0v) is 17.7. The second-order valence-electron chi connectivity index (χ2n) is 7.59. The van der Waals surface area contributed by atoms with Crippen molar-refractivity contribution >= 4 is 5.97 Å². The quantitative estimate of drug-likeness (QED) is 0.387. The first-order chi connectivity index (χ1) is 16.2. The molecule has 2 aromatic carbocycles. The van der Waals surface area contributed by atoms with E-state index >= 15 is 0 Å². The third kappa shape index (κ3) is 4.27. The molecule has 3 heterocycles. The molecule has 0 spiro atoms. The summed E-state index contributed by atoms with van der Waals surface area (Å²) in [5.41, 5.74) is 7.64. The fourth-order valence-electron chi connectivity index (χ4n) is 3.89. The van der Waals surface area contributed by atoms with Crippen LogP contribution in [0.4, 0.5) is 0 Å². The van der Waals surface area contributed by atoms with Crippen LogP contribution in [0.1, 0.15) is 0 Å². The van der Waals surface area contributed by atoms with Gasteiger partial charge < -0.3 is 9.67 Å². The van der Waals surface area contributed by atoms with Crippen molar-refractivity contribution in [1.82, 2.24) is 19.5 Å². The largest absolute Gasteiger partial charge is 0.480 e. The highest BCUT2D eigenvalue weighted by Crippen LogP contribution is 2.33. The number of nitrogens with zero attached hydrogens (tertiary/aromatic N) is 4. The summed E-state index contributed by atoms with van der Waals surface area (Å²) >= 11 is 0. The van der Waals surface area contributed by atoms with Gasteiger partial charge in [0, 0.05) is 35.9 Å². The Morgan fingerprint density at radius 3 is 1.55 bits per heavy atom. The summed E-state index contributed by atoms with van der Waals surface area (Å²) in [4.78, 5) is 24.2. The third-order valence-corrected chi connectivity index (χ3v) is 5.49. The van der Waals surface area contributed by atoms with Crippen LogP contribution < -0.4 is 0 Å². The van der Waals surface area contributed by atoms with Gasteiger partial charge in [0.2, 0.25) is 0 Å². The number of carboxylic acids is 1. The molecule has 5 rings (SSSR count). The lowest BCUT2D eigenvalue weighted by Crippen LogP contribution is -2.09. The smallest absolute Gasteiger partial charge is 0.323 e. The second kappa shape index (κ2) is 8.88. The van der Waals surface area contributed by atoms with Gasteiger partial charge in [-0.15, -0.1) is 0 Å². The van der Waals surface area contributed by atoms with E-state index in [1.54, 1.807) is 35.7 Å². The van der Waals surface area contributed by atoms with E-state index in [-0.39, 0.29) is 6.54 Å². The van der Waals surface area contributed by atoms with Crippen LogP contribution in [-0.2, 0) is 11.3 Å². The molecule has 0 aliphatic carbocycles. The molecule has 0 bridgehead atoms. The molecule has 1 N–H and O–H groups in total. The van der Waals surface area contributed by atoms with E-state index in [4.69, 9.17) is 0 Å². The number of aliphatic carboxylic acids is 1. The van der Waals surface area contributed by atoms with Gasteiger partial charge in [0.25, 0.3) is 0 Å². The molecular formula is C27H20N4O2. The number of aromatic nitrogens is 4. The molecule has 0 amide bonds. The zero-order valence-electron chi connectivity index (χ0n) is 17.7. The number of pyridine rings is 2. The Morgan fingerprint density at radius 2 is 1.06 bits per heavy atom. The zero-order chi connectivity index (χ0) is 22.6. The predicted octanol–water partition coefficient (Wildman–Crippen LogP) is 5.43. The number of hydrogen-bond acceptors (Lipinski definition) is 4. The first kappa shape index (κ1) is 20.3. The highest BCUT2D eigenvalue weighted by atomic mass is 16.4. The molecule has 0 saturated carbocycles. The fraction of sp³-hybridized carbons (Fsp3) is 0.0370. The summed E-state index contributed by atoms with van der Waals surface area (Å²) in [6.45, 7) is -0.163. The van der Waals surface area contributed by atoms with E-state index in [2.05, 4.69) is 15.0 Å². The highest BCUT2D eigenvalue weighted by Gasteiger charge is 2.17. The van der Waals surface area contributed by atoms with Crippen LogP contribution in [0.3, 0.4) is 0 Å². The molecule has 160 valence electrons. The second-order valence-corrected chi connectivity index (χ2v) is 7.59. The first-order valence-electron chi connectivity index (χ1n) is 10.5. The number of rotatable bonds is 6. The molecule has 0 radical (unpaired) electrons. The molecular weight excluding hydrogens is 412 g/mol. The highest BCUT2D eigenvalue weighted by molar-refractivity contribution is 5.82. The number of imidazole rings is 1. The summed E-state index contributed by atoms with van der Waals surface area (Å²) in [5, 5.41) is 9.41. The van der Waals surface area contributed by atoms with E-state index in [0.717, 1.165) is 44.8 Å². The molecule has 0 saturated heterocycles. The maximum absolute atomic E-state index is 11.5. The molecule has 0 atom stereocenters. The maximum Gasteiger partial charge on any atom is 0.323 e. The van der Waals surface area contributed by atoms with Gasteiger partial charge in [-0.3, -0.25) is 14.8 Å². The van der Waals surface area contributed by atoms with Gasteiger partial charge in [0.15, 0.2) is 0 Å². The molecule has 0 unspecified atom stereocenters. The van der Waals surface area contributed by atoms with Crippen molar-refractivity contribution in [3.05, 3.63) is 104 Å². The lowest BCUT2D eigenvalue weighted by Gasteiger charge is -2.11. The van der Waals surface area contributed by atoms with E-state index in [1.807, 2.05) is 72.8 Å². The predicted molar refractivity (Wildman–Crippen MR) is 127 cm³/mol. The molecule has 0 aliphatic heterocycles. The van der Waals surface area contributed by atoms with E-state index in [0.29, 0.717) is 0 Å². The van der Waals surface area contributed by atoms with Gasteiger partial charge in [-0.25, -0.2) is 4.98 Å². The minimum Gasteiger partial charge on any atom is -0.480 e. The summed E-state index contributed by atoms with van der Waals surface area (Å²) in [6, 6.07) is 24.0. The average Bonchev–Trinajstić information content (AvgIpc) is 3.28. The van der Waals surface area contributed by atoms with Crippen LogP contribution in [0.25, 0.3) is 44.8 Å². The van der Waals surface area contributed by atoms with E-state index in [9.17, 15) is 9.90 Å². The van der Waals surface area contributed by atoms with Crippen molar-refractivity contribution in [2.45, 2.75) is 6.54 Å². The molecule has 6 nitrogen and oxygen atoms in total. The van der Waals surface area contributed by atoms with E-state index in [1.165, 1.54) is 0 Å². The van der Waals surface area contributed by atoms with Crippen molar-refractivity contribution in [3.63, 3.8) is 0 Å². The summed E-state index contributed by atoms with van der Waals surface area (Å²) in [5.74, 6) is -0.915. The normalized spacial score (nSPS) is 10.8. The van der Waals surface area contributed by atoms with Crippen LogP contribution in [0.2, 0.25) is 0 Å². The number of benzene rings is 2. The van der Waals surface area contributed by atoms with Crippen LogP contribution in [0.5, 0.6) is 0 Å². The summed E-state index contributed by atoms with van der Waals surface area (Å²) in [6.07, 6.45) is 8.65. The number of hydrogen-bond donors (Lipinski definition) is 1. The topological polar surface area (TPSA) is 80.9 Å². The minimum absolute atomic E-state index is 0.163. The third-order valence-electron chi connectivity index (χ3n) is 5.49. The van der Waals surface area contributed by atoms with Crippen molar-refractivity contribution in [2.24, 2.45) is 0 Å². The Bertz CT molecular complexity index is 1380. The maximum atomic E-state index is 11.5. The Balaban J connectivity index is 1.54. The van der Waals surface area contributed by atoms with Gasteiger partial charge in [0.05, 0.1) is 17.7 Å². The van der Waals surface area contributed by atoms with Crippen molar-refractivity contribution < 1.29 is 9.90 Å². The molecule has 3 aromatic heterocycles. The molecule has 6 heteroatoms. The fourth-order valence-corrected chi connectivity index (χ4v) is 3.89. The van der Waals surface area contributed by atoms with Gasteiger partial charge in [0.1, 0.15) is 6.54 Å². The number of carbonyl (C=O) groups is 1. The van der Waals surface area contributed by atoms with Crippen molar-refractivity contribution in [1.29, 1.82) is 0 Å². The summed E-state index contributed by atoms with van der Waals surface area (Å²) in [7, 11) is 0. The van der Waals surface area contributed by atoms with Crippen LogP contribution in [-0.4, -0.2) is 30.6 Å². The molecule has 0 aliphatic rings. The average molecular weight is 432 g/mol. The van der Waals surface area contributed by atoms with Gasteiger partial charge in [-0.05, 0) is 46.5 Å². The monoisotopic (exact) mass is 432 g/mol. The van der Waals surface area contributed by atoms with Gasteiger partial charge in [-0.2, -0.15) is 0 Å². The Labute approximate surface area is 190 Å². The number of carboxylic acid groups (broad SMARTS) is 1. The standard InChI is InChI=1S/C27H20N4O2/c32-25(33)17-31-18-30-26(23-5-1-19(2-6-23)21-9-13-28-14-10-21)27(31)24-7-3-20(4-8-24)22-11-15-29-16-12-22/h1-16,18H,17H2,(H,32,33). The van der Waals surface area contributed by atoms with Gasteiger partial charge >= 0.3 is 5.97 Å².